The Labute approximate surface area is 119 Å². The first-order valence-corrected chi connectivity index (χ1v) is 6.44. The van der Waals surface area contributed by atoms with E-state index in [1.165, 1.54) is 16.8 Å². The van der Waals surface area contributed by atoms with Gasteiger partial charge in [0.1, 0.15) is 18.0 Å². The molecule has 5 heteroatoms. The van der Waals surface area contributed by atoms with E-state index < -0.39 is 0 Å². The van der Waals surface area contributed by atoms with E-state index in [1.807, 2.05) is 18.1 Å². The van der Waals surface area contributed by atoms with Crippen molar-refractivity contribution in [1.29, 1.82) is 5.26 Å². The fraction of sp³-hybridized carbons (Fsp3) is 0.267. The van der Waals surface area contributed by atoms with Crippen LogP contribution in [0.1, 0.15) is 12.5 Å². The topological polar surface area (TPSA) is 56.0 Å². The first-order valence-electron chi connectivity index (χ1n) is 6.44. The Morgan fingerprint density at radius 3 is 2.35 bits per heavy atom. The normalized spacial score (nSPS) is 9.90. The van der Waals surface area contributed by atoms with Crippen molar-refractivity contribution in [3.05, 3.63) is 42.2 Å². The van der Waals surface area contributed by atoms with Gasteiger partial charge in [0.05, 0.1) is 0 Å². The van der Waals surface area contributed by atoms with Crippen LogP contribution in [-0.2, 0) is 6.42 Å². The van der Waals surface area contributed by atoms with Gasteiger partial charge >= 0.3 is 0 Å². The summed E-state index contributed by atoms with van der Waals surface area (Å²) in [6, 6.07) is 10.1. The van der Waals surface area contributed by atoms with Crippen molar-refractivity contribution in [3.63, 3.8) is 0 Å². The summed E-state index contributed by atoms with van der Waals surface area (Å²) >= 11 is 0. The molecule has 1 heterocycles. The average Bonchev–Trinajstić information content (AvgIpc) is 2.53. The van der Waals surface area contributed by atoms with Gasteiger partial charge in [-0.05, 0) is 24.1 Å². The van der Waals surface area contributed by atoms with E-state index in [4.69, 9.17) is 5.26 Å². The fourth-order valence-corrected chi connectivity index (χ4v) is 1.84. The number of benzene rings is 1. The molecule has 0 unspecified atom stereocenters. The number of aryl methyl sites for hydroxylation is 1. The van der Waals surface area contributed by atoms with E-state index in [0.29, 0.717) is 5.82 Å². The number of hydrogen-bond acceptors (Lipinski definition) is 5. The molecule has 1 aromatic carbocycles. The Balaban J connectivity index is 2.28. The predicted molar refractivity (Wildman–Crippen MR) is 79.9 cm³/mol. The van der Waals surface area contributed by atoms with Crippen molar-refractivity contribution >= 4 is 17.3 Å². The van der Waals surface area contributed by atoms with E-state index >= 15 is 0 Å². The van der Waals surface area contributed by atoms with Crippen molar-refractivity contribution in [3.8, 4) is 6.19 Å². The summed E-state index contributed by atoms with van der Waals surface area (Å²) in [4.78, 5) is 11.7. The third-order valence-corrected chi connectivity index (χ3v) is 3.21. The monoisotopic (exact) mass is 267 g/mol. The van der Waals surface area contributed by atoms with Gasteiger partial charge in [-0.25, -0.2) is 9.97 Å². The summed E-state index contributed by atoms with van der Waals surface area (Å²) in [6.45, 7) is 2.13. The van der Waals surface area contributed by atoms with Crippen LogP contribution >= 0.6 is 0 Å². The molecule has 0 saturated carbocycles. The second-order valence-electron chi connectivity index (χ2n) is 4.47. The molecular weight excluding hydrogens is 250 g/mol. The molecule has 102 valence electrons. The minimum atomic E-state index is 0.578. The Morgan fingerprint density at radius 2 is 1.75 bits per heavy atom. The molecule has 0 aliphatic carbocycles. The minimum absolute atomic E-state index is 0.578. The third kappa shape index (κ3) is 2.86. The second-order valence-corrected chi connectivity index (χ2v) is 4.47. The lowest BCUT2D eigenvalue weighted by Gasteiger charge is -2.19. The van der Waals surface area contributed by atoms with E-state index in [2.05, 4.69) is 41.2 Å². The Morgan fingerprint density at radius 1 is 1.10 bits per heavy atom. The van der Waals surface area contributed by atoms with Crippen LogP contribution in [0.5, 0.6) is 0 Å². The van der Waals surface area contributed by atoms with E-state index in [-0.39, 0.29) is 0 Å². The molecule has 0 N–H and O–H groups in total. The van der Waals surface area contributed by atoms with Gasteiger partial charge in [0.2, 0.25) is 0 Å². The SMILES string of the molecule is CCc1ccc(N(C)c2cc(N(C)C#N)ncn2)cc1. The van der Waals surface area contributed by atoms with E-state index in [1.54, 1.807) is 13.1 Å². The molecule has 1 aromatic heterocycles. The van der Waals surface area contributed by atoms with Crippen molar-refractivity contribution in [2.24, 2.45) is 0 Å². The van der Waals surface area contributed by atoms with Gasteiger partial charge in [-0.15, -0.1) is 0 Å². The zero-order valence-corrected chi connectivity index (χ0v) is 11.9. The maximum atomic E-state index is 8.89. The van der Waals surface area contributed by atoms with Crippen LogP contribution in [0.3, 0.4) is 0 Å². The van der Waals surface area contributed by atoms with Crippen LogP contribution in [0.4, 0.5) is 17.3 Å². The largest absolute Gasteiger partial charge is 0.329 e. The molecule has 0 radical (unpaired) electrons. The first kappa shape index (κ1) is 13.8. The summed E-state index contributed by atoms with van der Waals surface area (Å²) < 4.78 is 0. The van der Waals surface area contributed by atoms with Gasteiger partial charge in [0, 0.05) is 25.8 Å². The summed E-state index contributed by atoms with van der Waals surface area (Å²) in [7, 11) is 3.61. The smallest absolute Gasteiger partial charge is 0.185 e. The Hall–Kier alpha value is -2.61. The highest BCUT2D eigenvalue weighted by Crippen LogP contribution is 2.23. The summed E-state index contributed by atoms with van der Waals surface area (Å²) in [5.41, 5.74) is 2.35. The standard InChI is InChI=1S/C15H17N5/c1-4-12-5-7-13(8-6-12)20(3)15-9-14(17-11-18-15)19(2)10-16/h5-9,11H,4H2,1-3H3. The number of rotatable bonds is 4. The van der Waals surface area contributed by atoms with Crippen molar-refractivity contribution < 1.29 is 0 Å². The van der Waals surface area contributed by atoms with Gasteiger partial charge in [-0.1, -0.05) is 19.1 Å². The summed E-state index contributed by atoms with van der Waals surface area (Å²) in [5, 5.41) is 8.89. The number of nitrogens with zero attached hydrogens (tertiary/aromatic N) is 5. The average molecular weight is 267 g/mol. The third-order valence-electron chi connectivity index (χ3n) is 3.21. The van der Waals surface area contributed by atoms with E-state index in [9.17, 15) is 0 Å². The molecule has 0 aliphatic rings. The zero-order chi connectivity index (χ0) is 14.5. The van der Waals surface area contributed by atoms with Crippen LogP contribution in [-0.4, -0.2) is 24.1 Å². The summed E-state index contributed by atoms with van der Waals surface area (Å²) in [5.74, 6) is 1.33. The highest BCUT2D eigenvalue weighted by molar-refractivity contribution is 5.62. The number of anilines is 3. The molecule has 5 nitrogen and oxygen atoms in total. The van der Waals surface area contributed by atoms with Crippen molar-refractivity contribution in [1.82, 2.24) is 9.97 Å². The lowest BCUT2D eigenvalue weighted by molar-refractivity contribution is 1.04. The molecule has 0 bridgehead atoms. The zero-order valence-electron chi connectivity index (χ0n) is 11.9. The van der Waals surface area contributed by atoms with Gasteiger partial charge in [-0.3, -0.25) is 4.90 Å². The second kappa shape index (κ2) is 6.02. The molecular formula is C15H17N5. The highest BCUT2D eigenvalue weighted by atomic mass is 15.2. The lowest BCUT2D eigenvalue weighted by Crippen LogP contribution is -2.14. The van der Waals surface area contributed by atoms with Crippen LogP contribution in [0.15, 0.2) is 36.7 Å². The Bertz CT molecular complexity index is 615. The minimum Gasteiger partial charge on any atom is -0.329 e. The maximum Gasteiger partial charge on any atom is 0.185 e. The predicted octanol–water partition coefficient (Wildman–Crippen LogP) is 2.72. The van der Waals surface area contributed by atoms with Crippen LogP contribution in [0.2, 0.25) is 0 Å². The first-order chi connectivity index (χ1) is 9.65. The molecule has 0 saturated heterocycles. The van der Waals surface area contributed by atoms with Crippen LogP contribution in [0, 0.1) is 11.5 Å². The van der Waals surface area contributed by atoms with E-state index in [0.717, 1.165) is 17.9 Å². The van der Waals surface area contributed by atoms with Gasteiger partial charge in [-0.2, -0.15) is 5.26 Å². The number of aromatic nitrogens is 2. The fourth-order valence-electron chi connectivity index (χ4n) is 1.84. The van der Waals surface area contributed by atoms with Gasteiger partial charge in [0.25, 0.3) is 0 Å². The molecule has 0 fully saturated rings. The Kier molecular flexibility index (Phi) is 4.16. The van der Waals surface area contributed by atoms with Gasteiger partial charge in [0.15, 0.2) is 6.19 Å². The molecule has 0 atom stereocenters. The lowest BCUT2D eigenvalue weighted by atomic mass is 10.1. The maximum absolute atomic E-state index is 8.89. The molecule has 2 rings (SSSR count). The molecule has 2 aromatic rings. The number of nitriles is 1. The van der Waals surface area contributed by atoms with Gasteiger partial charge < -0.3 is 4.90 Å². The quantitative estimate of drug-likeness (QED) is 0.629. The molecule has 0 amide bonds. The highest BCUT2D eigenvalue weighted by Gasteiger charge is 2.08. The van der Waals surface area contributed by atoms with Crippen molar-refractivity contribution in [2.45, 2.75) is 13.3 Å². The molecule has 0 spiro atoms. The summed E-state index contributed by atoms with van der Waals surface area (Å²) in [6.07, 6.45) is 4.52. The van der Waals surface area contributed by atoms with Crippen molar-refractivity contribution in [2.75, 3.05) is 23.9 Å². The van der Waals surface area contributed by atoms with Crippen LogP contribution in [0.25, 0.3) is 0 Å². The molecule has 0 aliphatic heterocycles. The number of hydrogen-bond donors (Lipinski definition) is 0. The molecule has 20 heavy (non-hydrogen) atoms. The van der Waals surface area contributed by atoms with Crippen LogP contribution < -0.4 is 9.80 Å².